The van der Waals surface area contributed by atoms with Crippen molar-refractivity contribution in [3.05, 3.63) is 16.6 Å². The lowest BCUT2D eigenvalue weighted by Crippen LogP contribution is -2.13. The zero-order valence-electron chi connectivity index (χ0n) is 4.63. The standard InChI is InChI=1S/C5H5N2OS/c6-4(8)3-5-7-1-2-9-5/h1H,3H2,(H2,6,8). The van der Waals surface area contributed by atoms with Crippen molar-refractivity contribution in [2.75, 3.05) is 0 Å². The zero-order valence-corrected chi connectivity index (χ0v) is 5.44. The first-order valence-corrected chi connectivity index (χ1v) is 3.20. The molecule has 0 saturated heterocycles. The van der Waals surface area contributed by atoms with Crippen molar-refractivity contribution in [3.8, 4) is 0 Å². The molecule has 2 N–H and O–H groups in total. The van der Waals surface area contributed by atoms with Crippen LogP contribution in [0.2, 0.25) is 0 Å². The second-order valence-corrected chi connectivity index (χ2v) is 2.43. The minimum absolute atomic E-state index is 0.230. The van der Waals surface area contributed by atoms with Gasteiger partial charge in [0.05, 0.1) is 11.8 Å². The van der Waals surface area contributed by atoms with Crippen LogP contribution >= 0.6 is 11.3 Å². The number of primary amides is 1. The summed E-state index contributed by atoms with van der Waals surface area (Å²) in [5.74, 6) is -0.349. The Balaban J connectivity index is 2.58. The Hall–Kier alpha value is -0.900. The van der Waals surface area contributed by atoms with Gasteiger partial charge in [-0.1, -0.05) is 0 Å². The van der Waals surface area contributed by atoms with Crippen LogP contribution < -0.4 is 5.73 Å². The largest absolute Gasteiger partial charge is 0.369 e. The van der Waals surface area contributed by atoms with Gasteiger partial charge in [0.1, 0.15) is 5.01 Å². The second kappa shape index (κ2) is 2.59. The molecule has 1 aromatic heterocycles. The molecule has 4 heteroatoms. The average Bonchev–Trinajstić information content (AvgIpc) is 2.15. The maximum Gasteiger partial charge on any atom is 0.224 e. The van der Waals surface area contributed by atoms with E-state index in [2.05, 4.69) is 10.4 Å². The van der Waals surface area contributed by atoms with Gasteiger partial charge in [0.25, 0.3) is 0 Å². The molecule has 0 saturated carbocycles. The van der Waals surface area contributed by atoms with Gasteiger partial charge in [0.15, 0.2) is 0 Å². The fraction of sp³-hybridized carbons (Fsp3) is 0.200. The normalized spacial score (nSPS) is 9.33. The topological polar surface area (TPSA) is 56.0 Å². The Labute approximate surface area is 56.5 Å². The van der Waals surface area contributed by atoms with Crippen molar-refractivity contribution in [2.45, 2.75) is 6.42 Å². The summed E-state index contributed by atoms with van der Waals surface area (Å²) in [4.78, 5) is 14.1. The summed E-state index contributed by atoms with van der Waals surface area (Å²) in [6, 6.07) is 0. The van der Waals surface area contributed by atoms with E-state index in [0.717, 1.165) is 5.01 Å². The van der Waals surface area contributed by atoms with E-state index in [9.17, 15) is 4.79 Å². The van der Waals surface area contributed by atoms with Gasteiger partial charge in [-0.15, -0.1) is 11.3 Å². The lowest BCUT2D eigenvalue weighted by molar-refractivity contribution is -0.117. The van der Waals surface area contributed by atoms with Gasteiger partial charge in [-0.25, -0.2) is 4.98 Å². The number of carbonyl (C=O) groups excluding carboxylic acids is 1. The number of amides is 1. The molecule has 0 aromatic carbocycles. The average molecular weight is 141 g/mol. The number of aromatic nitrogens is 1. The van der Waals surface area contributed by atoms with Crippen LogP contribution in [0.5, 0.6) is 0 Å². The van der Waals surface area contributed by atoms with Gasteiger partial charge >= 0.3 is 0 Å². The Morgan fingerprint density at radius 2 is 2.78 bits per heavy atom. The molecule has 3 nitrogen and oxygen atoms in total. The van der Waals surface area contributed by atoms with Crippen LogP contribution in [0.15, 0.2) is 6.20 Å². The van der Waals surface area contributed by atoms with E-state index in [-0.39, 0.29) is 12.3 Å². The van der Waals surface area contributed by atoms with Crippen molar-refractivity contribution in [1.82, 2.24) is 4.98 Å². The quantitative estimate of drug-likeness (QED) is 0.628. The number of hydrogen-bond acceptors (Lipinski definition) is 3. The van der Waals surface area contributed by atoms with Crippen LogP contribution in [0.1, 0.15) is 5.01 Å². The summed E-state index contributed by atoms with van der Waals surface area (Å²) in [6.07, 6.45) is 1.76. The molecule has 0 fully saturated rings. The number of carbonyl (C=O) groups is 1. The van der Waals surface area contributed by atoms with Crippen LogP contribution in [0.25, 0.3) is 0 Å². The molecule has 0 aliphatic carbocycles. The van der Waals surface area contributed by atoms with Crippen molar-refractivity contribution in [1.29, 1.82) is 0 Å². The molecule has 1 heterocycles. The van der Waals surface area contributed by atoms with Crippen molar-refractivity contribution < 1.29 is 4.79 Å². The number of hydrogen-bond donors (Lipinski definition) is 1. The summed E-state index contributed by atoms with van der Waals surface area (Å²) < 4.78 is 0. The molecule has 0 aliphatic rings. The summed E-state index contributed by atoms with van der Waals surface area (Å²) in [5, 5.41) is 3.48. The van der Waals surface area contributed by atoms with Crippen molar-refractivity contribution in [2.24, 2.45) is 5.73 Å². The maximum atomic E-state index is 10.2. The van der Waals surface area contributed by atoms with E-state index in [0.29, 0.717) is 0 Å². The molecule has 9 heavy (non-hydrogen) atoms. The molecular weight excluding hydrogens is 136 g/mol. The van der Waals surface area contributed by atoms with E-state index in [1.807, 2.05) is 0 Å². The number of nitrogens with two attached hydrogens (primary N) is 1. The monoisotopic (exact) mass is 141 g/mol. The third-order valence-corrected chi connectivity index (χ3v) is 1.47. The first-order chi connectivity index (χ1) is 4.29. The molecule has 1 radical (unpaired) electrons. The lowest BCUT2D eigenvalue weighted by atomic mass is 10.4. The van der Waals surface area contributed by atoms with Crippen molar-refractivity contribution in [3.63, 3.8) is 0 Å². The van der Waals surface area contributed by atoms with E-state index in [1.165, 1.54) is 17.5 Å². The van der Waals surface area contributed by atoms with Gasteiger partial charge in [0, 0.05) is 6.20 Å². The van der Waals surface area contributed by atoms with Gasteiger partial charge in [-0.2, -0.15) is 0 Å². The molecule has 0 aliphatic heterocycles. The van der Waals surface area contributed by atoms with Crippen LogP contribution in [-0.4, -0.2) is 10.9 Å². The maximum absolute atomic E-state index is 10.2. The molecule has 0 bridgehead atoms. The Bertz CT molecular complexity index is 195. The molecule has 1 aromatic rings. The fourth-order valence-electron chi connectivity index (χ4n) is 0.450. The minimum atomic E-state index is -0.349. The van der Waals surface area contributed by atoms with Gasteiger partial charge in [-0.05, 0) is 0 Å². The Morgan fingerprint density at radius 1 is 2.00 bits per heavy atom. The van der Waals surface area contributed by atoms with Crippen LogP contribution in [0, 0.1) is 5.38 Å². The van der Waals surface area contributed by atoms with Crippen LogP contribution in [0.3, 0.4) is 0 Å². The molecule has 0 unspecified atom stereocenters. The Morgan fingerprint density at radius 3 is 3.22 bits per heavy atom. The zero-order chi connectivity index (χ0) is 6.69. The molecule has 1 rings (SSSR count). The van der Waals surface area contributed by atoms with E-state index in [4.69, 9.17) is 5.73 Å². The number of rotatable bonds is 2. The third kappa shape index (κ3) is 1.81. The van der Waals surface area contributed by atoms with Crippen LogP contribution in [-0.2, 0) is 11.2 Å². The lowest BCUT2D eigenvalue weighted by Gasteiger charge is -1.85. The molecule has 0 spiro atoms. The SMILES string of the molecule is NC(=O)Cc1nc[c]s1. The highest BCUT2D eigenvalue weighted by atomic mass is 32.1. The third-order valence-electron chi connectivity index (χ3n) is 0.763. The first-order valence-electron chi connectivity index (χ1n) is 2.38. The molecule has 1 amide bonds. The van der Waals surface area contributed by atoms with Gasteiger partial charge < -0.3 is 5.73 Å². The van der Waals surface area contributed by atoms with E-state index < -0.39 is 0 Å². The minimum Gasteiger partial charge on any atom is -0.369 e. The molecule has 47 valence electrons. The highest BCUT2D eigenvalue weighted by Crippen LogP contribution is 2.02. The van der Waals surface area contributed by atoms with Gasteiger partial charge in [0.2, 0.25) is 5.91 Å². The summed E-state index contributed by atoms with van der Waals surface area (Å²) in [5.41, 5.74) is 4.90. The highest BCUT2D eigenvalue weighted by molar-refractivity contribution is 7.09. The highest BCUT2D eigenvalue weighted by Gasteiger charge is 1.98. The second-order valence-electron chi connectivity index (χ2n) is 1.51. The van der Waals surface area contributed by atoms with Crippen LogP contribution in [0.4, 0.5) is 0 Å². The Kier molecular flexibility index (Phi) is 1.79. The van der Waals surface area contributed by atoms with E-state index in [1.54, 1.807) is 0 Å². The summed E-state index contributed by atoms with van der Waals surface area (Å²) in [7, 11) is 0. The van der Waals surface area contributed by atoms with Gasteiger partial charge in [-0.3, -0.25) is 4.79 Å². The van der Waals surface area contributed by atoms with Crippen molar-refractivity contribution >= 4 is 17.2 Å². The first kappa shape index (κ1) is 6.22. The summed E-state index contributed by atoms with van der Waals surface area (Å²) >= 11 is 1.31. The predicted molar refractivity (Wildman–Crippen MR) is 33.8 cm³/mol. The number of thiazole rings is 1. The number of nitrogens with zero attached hydrogens (tertiary/aromatic N) is 1. The predicted octanol–water partition coefficient (Wildman–Crippen LogP) is -0.0289. The summed E-state index contributed by atoms with van der Waals surface area (Å²) in [6.45, 7) is 0. The van der Waals surface area contributed by atoms with E-state index >= 15 is 0 Å². The fourth-order valence-corrected chi connectivity index (χ4v) is 1.01. The molecular formula is C5H5N2OS. The molecule has 0 atom stereocenters. The smallest absolute Gasteiger partial charge is 0.224 e.